The van der Waals surface area contributed by atoms with Gasteiger partial charge in [-0.1, -0.05) is 6.07 Å². The topological polar surface area (TPSA) is 54.3 Å². The van der Waals surface area contributed by atoms with Crippen molar-refractivity contribution in [3.05, 3.63) is 58.9 Å². The monoisotopic (exact) mass is 326 g/mol. The van der Waals surface area contributed by atoms with Crippen molar-refractivity contribution in [2.75, 3.05) is 13.2 Å². The molecule has 0 atom stereocenters. The molecule has 2 aromatic carbocycles. The Morgan fingerprint density at radius 3 is 2.62 bits per heavy atom. The maximum atomic E-state index is 13.9. The first kappa shape index (κ1) is 16.3. The van der Waals surface area contributed by atoms with E-state index in [1.165, 1.54) is 12.1 Å². The average molecular weight is 326 g/mol. The summed E-state index contributed by atoms with van der Waals surface area (Å²) in [6, 6.07) is 12.2. The summed E-state index contributed by atoms with van der Waals surface area (Å²) in [5.74, 6) is 1.15. The first-order valence-electron chi connectivity index (χ1n) is 7.83. The average Bonchev–Trinajstić information content (AvgIpc) is 2.60. The van der Waals surface area contributed by atoms with Crippen LogP contribution in [0.5, 0.6) is 11.5 Å². The number of fused-ring (bicyclic) bond motifs is 1. The van der Waals surface area contributed by atoms with Gasteiger partial charge in [-0.15, -0.1) is 0 Å². The largest absolute Gasteiger partial charge is 0.486 e. The van der Waals surface area contributed by atoms with Crippen molar-refractivity contribution in [3.8, 4) is 17.6 Å². The number of nitrogens with zero attached hydrogens (tertiary/aromatic N) is 1. The van der Waals surface area contributed by atoms with Gasteiger partial charge in [0.1, 0.15) is 19.0 Å². The lowest BCUT2D eigenvalue weighted by Crippen LogP contribution is -2.36. The molecule has 1 aliphatic rings. The fourth-order valence-electron chi connectivity index (χ4n) is 2.63. The summed E-state index contributed by atoms with van der Waals surface area (Å²) >= 11 is 0. The molecule has 124 valence electrons. The van der Waals surface area contributed by atoms with Crippen molar-refractivity contribution in [2.24, 2.45) is 0 Å². The molecule has 0 aliphatic carbocycles. The third-order valence-corrected chi connectivity index (χ3v) is 4.16. The van der Waals surface area contributed by atoms with Crippen molar-refractivity contribution in [3.63, 3.8) is 0 Å². The molecule has 4 nitrogen and oxygen atoms in total. The second-order valence-electron chi connectivity index (χ2n) is 6.25. The van der Waals surface area contributed by atoms with Crippen LogP contribution in [0.2, 0.25) is 0 Å². The predicted molar refractivity (Wildman–Crippen MR) is 88.4 cm³/mol. The number of hydrogen-bond donors (Lipinski definition) is 1. The molecular weight excluding hydrogens is 307 g/mol. The highest BCUT2D eigenvalue weighted by atomic mass is 19.1. The first-order chi connectivity index (χ1) is 11.5. The highest BCUT2D eigenvalue weighted by Gasteiger charge is 2.23. The summed E-state index contributed by atoms with van der Waals surface area (Å²) in [6.45, 7) is 5.46. The Morgan fingerprint density at radius 1 is 1.12 bits per heavy atom. The van der Waals surface area contributed by atoms with E-state index in [9.17, 15) is 4.39 Å². The molecule has 1 N–H and O–H groups in total. The Balaban J connectivity index is 1.78. The Morgan fingerprint density at radius 2 is 1.88 bits per heavy atom. The molecule has 1 heterocycles. The second-order valence-corrected chi connectivity index (χ2v) is 6.25. The third-order valence-electron chi connectivity index (χ3n) is 4.16. The Kier molecular flexibility index (Phi) is 4.41. The van der Waals surface area contributed by atoms with Crippen molar-refractivity contribution in [2.45, 2.75) is 25.9 Å². The number of nitrogens with one attached hydrogen (secondary N) is 1. The minimum absolute atomic E-state index is 0.320. The number of ether oxygens (including phenoxy) is 2. The Labute approximate surface area is 140 Å². The molecule has 0 amide bonds. The van der Waals surface area contributed by atoms with Crippen LogP contribution in [0.15, 0.2) is 36.4 Å². The van der Waals surface area contributed by atoms with Gasteiger partial charge in [0.2, 0.25) is 0 Å². The SMILES string of the molecule is CC(C)(NCc1cc(C#N)ccc1F)c1ccc2c(c1)OCCO2. The summed E-state index contributed by atoms with van der Waals surface area (Å²) in [4.78, 5) is 0. The lowest BCUT2D eigenvalue weighted by molar-refractivity contribution is 0.171. The van der Waals surface area contributed by atoms with Crippen LogP contribution in [0.3, 0.4) is 0 Å². The van der Waals surface area contributed by atoms with Gasteiger partial charge in [0.25, 0.3) is 0 Å². The summed E-state index contributed by atoms with van der Waals surface area (Å²) in [5.41, 5.74) is 1.54. The molecule has 0 saturated heterocycles. The van der Waals surface area contributed by atoms with E-state index >= 15 is 0 Å². The van der Waals surface area contributed by atoms with Crippen LogP contribution in [-0.4, -0.2) is 13.2 Å². The van der Waals surface area contributed by atoms with Crippen molar-refractivity contribution in [1.82, 2.24) is 5.32 Å². The van der Waals surface area contributed by atoms with Crippen molar-refractivity contribution in [1.29, 1.82) is 5.26 Å². The Bertz CT molecular complexity index is 796. The van der Waals surface area contributed by atoms with E-state index in [0.29, 0.717) is 30.9 Å². The highest BCUT2D eigenvalue weighted by molar-refractivity contribution is 5.45. The van der Waals surface area contributed by atoms with Crippen LogP contribution in [0.25, 0.3) is 0 Å². The van der Waals surface area contributed by atoms with Crippen LogP contribution in [0.4, 0.5) is 4.39 Å². The fourth-order valence-corrected chi connectivity index (χ4v) is 2.63. The zero-order valence-corrected chi connectivity index (χ0v) is 13.7. The van der Waals surface area contributed by atoms with E-state index in [2.05, 4.69) is 5.32 Å². The van der Waals surface area contributed by atoms with Gasteiger partial charge in [0.05, 0.1) is 11.6 Å². The van der Waals surface area contributed by atoms with E-state index in [1.54, 1.807) is 6.07 Å². The molecule has 0 saturated carbocycles. The van der Waals surface area contributed by atoms with Crippen LogP contribution in [0, 0.1) is 17.1 Å². The van der Waals surface area contributed by atoms with E-state index < -0.39 is 5.54 Å². The molecule has 5 heteroatoms. The molecule has 3 rings (SSSR count). The summed E-state index contributed by atoms with van der Waals surface area (Å²) in [6.07, 6.45) is 0. The molecule has 2 aromatic rings. The van der Waals surface area contributed by atoms with Crippen molar-refractivity contribution >= 4 is 0 Å². The standard InChI is InChI=1S/C19H19FN2O2/c1-19(2,15-4-6-17-18(10-15)24-8-7-23-17)22-12-14-9-13(11-21)3-5-16(14)20/h3-6,9-10,22H,7-8,12H2,1-2H3. The lowest BCUT2D eigenvalue weighted by Gasteiger charge is -2.29. The molecule has 0 fully saturated rings. The number of halogens is 1. The number of nitriles is 1. The highest BCUT2D eigenvalue weighted by Crippen LogP contribution is 2.34. The molecule has 0 aromatic heterocycles. The number of hydrogen-bond acceptors (Lipinski definition) is 4. The summed E-state index contributed by atoms with van der Waals surface area (Å²) < 4.78 is 25.1. The van der Waals surface area contributed by atoms with Gasteiger partial charge in [-0.25, -0.2) is 4.39 Å². The Hall–Kier alpha value is -2.58. The minimum Gasteiger partial charge on any atom is -0.486 e. The number of rotatable bonds is 4. The second kappa shape index (κ2) is 6.50. The van der Waals surface area contributed by atoms with E-state index in [0.717, 1.165) is 17.1 Å². The zero-order valence-electron chi connectivity index (χ0n) is 13.7. The van der Waals surface area contributed by atoms with Crippen LogP contribution in [-0.2, 0) is 12.1 Å². The van der Waals surface area contributed by atoms with Crippen molar-refractivity contribution < 1.29 is 13.9 Å². The maximum absolute atomic E-state index is 13.9. The molecule has 0 radical (unpaired) electrons. The van der Waals surface area contributed by atoms with Crippen LogP contribution < -0.4 is 14.8 Å². The van der Waals surface area contributed by atoms with Gasteiger partial charge < -0.3 is 14.8 Å². The van der Waals surface area contributed by atoms with Gasteiger partial charge in [0, 0.05) is 17.6 Å². The van der Waals surface area contributed by atoms with Crippen LogP contribution in [0.1, 0.15) is 30.5 Å². The zero-order chi connectivity index (χ0) is 17.2. The van der Waals surface area contributed by atoms with Gasteiger partial charge in [-0.05, 0) is 49.7 Å². The van der Waals surface area contributed by atoms with Crippen LogP contribution >= 0.6 is 0 Å². The predicted octanol–water partition coefficient (Wildman–Crippen LogP) is 3.49. The van der Waals surface area contributed by atoms with Gasteiger partial charge in [0.15, 0.2) is 11.5 Å². The first-order valence-corrected chi connectivity index (χ1v) is 7.83. The maximum Gasteiger partial charge on any atom is 0.161 e. The smallest absolute Gasteiger partial charge is 0.161 e. The molecule has 0 bridgehead atoms. The summed E-state index contributed by atoms with van der Waals surface area (Å²) in [5, 5.41) is 12.3. The third kappa shape index (κ3) is 3.34. The molecule has 24 heavy (non-hydrogen) atoms. The molecule has 1 aliphatic heterocycles. The molecular formula is C19H19FN2O2. The molecule has 0 unspecified atom stereocenters. The van der Waals surface area contributed by atoms with Gasteiger partial charge in [-0.3, -0.25) is 0 Å². The van der Waals surface area contributed by atoms with Gasteiger partial charge in [-0.2, -0.15) is 5.26 Å². The van der Waals surface area contributed by atoms with E-state index in [-0.39, 0.29) is 5.82 Å². The molecule has 0 spiro atoms. The summed E-state index contributed by atoms with van der Waals surface area (Å²) in [7, 11) is 0. The minimum atomic E-state index is -0.398. The lowest BCUT2D eigenvalue weighted by atomic mass is 9.93. The normalized spacial score (nSPS) is 13.4. The van der Waals surface area contributed by atoms with E-state index in [1.807, 2.05) is 38.1 Å². The van der Waals surface area contributed by atoms with E-state index in [4.69, 9.17) is 14.7 Å². The number of benzene rings is 2. The van der Waals surface area contributed by atoms with Gasteiger partial charge >= 0.3 is 0 Å². The quantitative estimate of drug-likeness (QED) is 0.934. The fraction of sp³-hybridized carbons (Fsp3) is 0.316.